The Morgan fingerprint density at radius 2 is 1.92 bits per heavy atom. The zero-order valence-electron chi connectivity index (χ0n) is 6.32. The van der Waals surface area contributed by atoms with Gasteiger partial charge in [0.15, 0.2) is 0 Å². The third-order valence-corrected chi connectivity index (χ3v) is 1.48. The SMILES string of the molecule is FC(F)(F)c1cccc(NNCl)c1. The molecular formula is C7H6ClF3N2. The number of benzene rings is 1. The summed E-state index contributed by atoms with van der Waals surface area (Å²) in [6.45, 7) is 0. The predicted molar refractivity (Wildman–Crippen MR) is 44.1 cm³/mol. The Labute approximate surface area is 77.8 Å². The van der Waals surface area contributed by atoms with E-state index in [4.69, 9.17) is 11.8 Å². The van der Waals surface area contributed by atoms with E-state index in [1.54, 1.807) is 0 Å². The van der Waals surface area contributed by atoms with Gasteiger partial charge in [-0.05, 0) is 30.0 Å². The summed E-state index contributed by atoms with van der Waals surface area (Å²) < 4.78 is 36.4. The maximum atomic E-state index is 12.1. The zero-order chi connectivity index (χ0) is 9.90. The largest absolute Gasteiger partial charge is 0.416 e. The molecule has 0 saturated heterocycles. The summed E-state index contributed by atoms with van der Waals surface area (Å²) in [6.07, 6.45) is -4.33. The minimum Gasteiger partial charge on any atom is -0.308 e. The van der Waals surface area contributed by atoms with Crippen LogP contribution in [0, 0.1) is 0 Å². The molecule has 0 unspecified atom stereocenters. The second-order valence-corrected chi connectivity index (χ2v) is 2.49. The maximum absolute atomic E-state index is 12.1. The van der Waals surface area contributed by atoms with Crippen molar-refractivity contribution >= 4 is 17.5 Å². The number of hydrogen-bond donors (Lipinski definition) is 2. The molecule has 0 heterocycles. The van der Waals surface area contributed by atoms with E-state index in [0.717, 1.165) is 12.1 Å². The van der Waals surface area contributed by atoms with E-state index in [2.05, 4.69) is 5.43 Å². The fraction of sp³-hybridized carbons (Fsp3) is 0.143. The number of anilines is 1. The number of hydrazine groups is 1. The Kier molecular flexibility index (Phi) is 3.00. The Morgan fingerprint density at radius 1 is 1.23 bits per heavy atom. The molecule has 72 valence electrons. The highest BCUT2D eigenvalue weighted by molar-refractivity contribution is 6.13. The summed E-state index contributed by atoms with van der Waals surface area (Å²) in [5, 5.41) is 0. The summed E-state index contributed by atoms with van der Waals surface area (Å²) >= 11 is 5.06. The molecule has 2 nitrogen and oxygen atoms in total. The van der Waals surface area contributed by atoms with Gasteiger partial charge in [0.05, 0.1) is 11.3 Å². The lowest BCUT2D eigenvalue weighted by Crippen LogP contribution is -2.10. The molecule has 6 heteroatoms. The van der Waals surface area contributed by atoms with Crippen LogP contribution >= 0.6 is 11.8 Å². The van der Waals surface area contributed by atoms with Gasteiger partial charge < -0.3 is 5.43 Å². The van der Waals surface area contributed by atoms with Crippen LogP contribution in [-0.4, -0.2) is 0 Å². The average Bonchev–Trinajstić information content (AvgIpc) is 2.04. The Balaban J connectivity index is 2.92. The maximum Gasteiger partial charge on any atom is 0.416 e. The number of hydrogen-bond acceptors (Lipinski definition) is 2. The first-order valence-corrected chi connectivity index (χ1v) is 3.71. The van der Waals surface area contributed by atoms with Crippen molar-refractivity contribution in [1.82, 2.24) is 4.94 Å². The molecule has 2 N–H and O–H groups in total. The fourth-order valence-electron chi connectivity index (χ4n) is 0.828. The third kappa shape index (κ3) is 2.78. The predicted octanol–water partition coefficient (Wildman–Crippen LogP) is 2.78. The first-order valence-electron chi connectivity index (χ1n) is 3.33. The molecule has 1 aromatic rings. The van der Waals surface area contributed by atoms with Crippen LogP contribution in [0.4, 0.5) is 18.9 Å². The third-order valence-electron chi connectivity index (χ3n) is 1.38. The molecule has 0 amide bonds. The molecule has 0 bridgehead atoms. The normalized spacial score (nSPS) is 11.4. The van der Waals surface area contributed by atoms with Gasteiger partial charge in [0, 0.05) is 0 Å². The van der Waals surface area contributed by atoms with Gasteiger partial charge in [-0.15, -0.1) is 4.94 Å². The van der Waals surface area contributed by atoms with Gasteiger partial charge in [-0.3, -0.25) is 0 Å². The molecule has 0 aliphatic heterocycles. The van der Waals surface area contributed by atoms with Crippen molar-refractivity contribution in [3.8, 4) is 0 Å². The summed E-state index contributed by atoms with van der Waals surface area (Å²) in [7, 11) is 0. The lowest BCUT2D eigenvalue weighted by Gasteiger charge is -2.08. The molecule has 1 rings (SSSR count). The van der Waals surface area contributed by atoms with Gasteiger partial charge in [-0.25, -0.2) is 0 Å². The van der Waals surface area contributed by atoms with Crippen LogP contribution in [-0.2, 0) is 6.18 Å². The molecule has 0 aliphatic carbocycles. The lowest BCUT2D eigenvalue weighted by molar-refractivity contribution is -0.137. The van der Waals surface area contributed by atoms with Crippen LogP contribution in [0.15, 0.2) is 24.3 Å². The van der Waals surface area contributed by atoms with Gasteiger partial charge >= 0.3 is 6.18 Å². The van der Waals surface area contributed by atoms with Gasteiger partial charge in [0.25, 0.3) is 0 Å². The zero-order valence-corrected chi connectivity index (χ0v) is 7.08. The average molecular weight is 211 g/mol. The van der Waals surface area contributed by atoms with E-state index in [-0.39, 0.29) is 5.69 Å². The molecule has 0 atom stereocenters. The standard InChI is InChI=1S/C7H6ClF3N2/c8-13-12-6-3-1-2-5(4-6)7(9,10)11/h1-4,12-13H. The molecule has 1 aromatic carbocycles. The van der Waals surface area contributed by atoms with Gasteiger partial charge in [-0.2, -0.15) is 13.2 Å². The quantitative estimate of drug-likeness (QED) is 0.579. The summed E-state index contributed by atoms with van der Waals surface area (Å²) in [6, 6.07) is 4.69. The highest BCUT2D eigenvalue weighted by Gasteiger charge is 2.30. The van der Waals surface area contributed by atoms with Crippen LogP contribution in [0.2, 0.25) is 0 Å². The summed E-state index contributed by atoms with van der Waals surface area (Å²) in [5.41, 5.74) is 1.87. The van der Waals surface area contributed by atoms with E-state index in [9.17, 15) is 13.2 Å². The van der Waals surface area contributed by atoms with Crippen molar-refractivity contribution < 1.29 is 13.2 Å². The molecular weight excluding hydrogens is 205 g/mol. The van der Waals surface area contributed by atoms with E-state index in [1.165, 1.54) is 12.1 Å². The number of nitrogens with one attached hydrogen (secondary N) is 2. The fourth-order valence-corrected chi connectivity index (χ4v) is 0.937. The van der Waals surface area contributed by atoms with Crippen LogP contribution in [0.25, 0.3) is 0 Å². The minimum absolute atomic E-state index is 0.254. The van der Waals surface area contributed by atoms with Crippen LogP contribution in [0.3, 0.4) is 0 Å². The van der Waals surface area contributed by atoms with Crippen LogP contribution in [0.1, 0.15) is 5.56 Å². The Hall–Kier alpha value is -0.940. The molecule has 0 aliphatic rings. The number of rotatable bonds is 2. The number of alkyl halides is 3. The van der Waals surface area contributed by atoms with Crippen molar-refractivity contribution in [1.29, 1.82) is 0 Å². The van der Waals surface area contributed by atoms with Gasteiger partial charge in [0.1, 0.15) is 0 Å². The smallest absolute Gasteiger partial charge is 0.308 e. The lowest BCUT2D eigenvalue weighted by atomic mass is 10.2. The molecule has 0 saturated carbocycles. The van der Waals surface area contributed by atoms with Crippen molar-refractivity contribution in [2.24, 2.45) is 0 Å². The first kappa shape index (κ1) is 10.1. The van der Waals surface area contributed by atoms with Crippen molar-refractivity contribution in [3.05, 3.63) is 29.8 Å². The Bertz CT molecular complexity index is 287. The van der Waals surface area contributed by atoms with Gasteiger partial charge in [0.2, 0.25) is 0 Å². The first-order chi connectivity index (χ1) is 6.04. The van der Waals surface area contributed by atoms with Gasteiger partial charge in [-0.1, -0.05) is 6.07 Å². The van der Waals surface area contributed by atoms with E-state index in [0.29, 0.717) is 0 Å². The van der Waals surface area contributed by atoms with Crippen LogP contribution in [0.5, 0.6) is 0 Å². The topological polar surface area (TPSA) is 24.1 Å². The van der Waals surface area contributed by atoms with E-state index in [1.807, 2.05) is 4.94 Å². The monoisotopic (exact) mass is 210 g/mol. The van der Waals surface area contributed by atoms with E-state index >= 15 is 0 Å². The minimum atomic E-state index is -4.33. The molecule has 0 aromatic heterocycles. The second kappa shape index (κ2) is 3.85. The summed E-state index contributed by atoms with van der Waals surface area (Å²) in [4.78, 5) is 2.02. The van der Waals surface area contributed by atoms with E-state index < -0.39 is 11.7 Å². The Morgan fingerprint density at radius 3 is 2.46 bits per heavy atom. The molecule has 13 heavy (non-hydrogen) atoms. The summed E-state index contributed by atoms with van der Waals surface area (Å²) in [5.74, 6) is 0. The molecule has 0 radical (unpaired) electrons. The number of halogens is 4. The highest BCUT2D eigenvalue weighted by Crippen LogP contribution is 2.30. The van der Waals surface area contributed by atoms with Crippen molar-refractivity contribution in [3.63, 3.8) is 0 Å². The molecule has 0 spiro atoms. The highest BCUT2D eigenvalue weighted by atomic mass is 35.5. The van der Waals surface area contributed by atoms with Crippen molar-refractivity contribution in [2.45, 2.75) is 6.18 Å². The van der Waals surface area contributed by atoms with Crippen LogP contribution < -0.4 is 10.4 Å². The molecule has 0 fully saturated rings. The van der Waals surface area contributed by atoms with Crippen molar-refractivity contribution in [2.75, 3.05) is 5.43 Å². The second-order valence-electron chi connectivity index (χ2n) is 2.30.